The van der Waals surface area contributed by atoms with Gasteiger partial charge in [0.15, 0.2) is 0 Å². The predicted molar refractivity (Wildman–Crippen MR) is 80.6 cm³/mol. The standard InChI is InChI=1S/C17H24N2O/c1-13-3-2-10-19(11-13)12-14-4-6-15(7-5-14)17(20)18-16-8-9-16/h4-7,13,16H,2-3,8-12H2,1H3,(H,18,20)/t13-/m1/s1. The quantitative estimate of drug-likeness (QED) is 0.914. The van der Waals surface area contributed by atoms with Crippen LogP contribution in [-0.2, 0) is 6.54 Å². The van der Waals surface area contributed by atoms with E-state index in [9.17, 15) is 4.79 Å². The van der Waals surface area contributed by atoms with Gasteiger partial charge in [0, 0.05) is 24.7 Å². The molecule has 1 saturated carbocycles. The van der Waals surface area contributed by atoms with Gasteiger partial charge in [0.25, 0.3) is 5.91 Å². The lowest BCUT2D eigenvalue weighted by Gasteiger charge is -2.30. The molecule has 20 heavy (non-hydrogen) atoms. The van der Waals surface area contributed by atoms with Crippen LogP contribution >= 0.6 is 0 Å². The Bertz CT molecular complexity index is 464. The molecule has 0 radical (unpaired) electrons. The lowest BCUT2D eigenvalue weighted by Crippen LogP contribution is -2.33. The maximum Gasteiger partial charge on any atom is 0.251 e. The first-order chi connectivity index (χ1) is 9.70. The van der Waals surface area contributed by atoms with Crippen LogP contribution in [0, 0.1) is 5.92 Å². The molecule has 0 unspecified atom stereocenters. The Labute approximate surface area is 121 Å². The first-order valence-corrected chi connectivity index (χ1v) is 7.83. The van der Waals surface area contributed by atoms with Gasteiger partial charge in [-0.3, -0.25) is 9.69 Å². The minimum Gasteiger partial charge on any atom is -0.349 e. The zero-order valence-electron chi connectivity index (χ0n) is 12.3. The summed E-state index contributed by atoms with van der Waals surface area (Å²) < 4.78 is 0. The fourth-order valence-electron chi connectivity index (χ4n) is 2.95. The Morgan fingerprint density at radius 2 is 2.00 bits per heavy atom. The molecule has 1 aromatic rings. The second-order valence-electron chi connectivity index (χ2n) is 6.43. The van der Waals surface area contributed by atoms with Gasteiger partial charge in [-0.1, -0.05) is 19.1 Å². The second-order valence-corrected chi connectivity index (χ2v) is 6.43. The summed E-state index contributed by atoms with van der Waals surface area (Å²) in [6, 6.07) is 8.54. The highest BCUT2D eigenvalue weighted by atomic mass is 16.1. The van der Waals surface area contributed by atoms with Crippen LogP contribution in [0.4, 0.5) is 0 Å². The van der Waals surface area contributed by atoms with Gasteiger partial charge in [0.2, 0.25) is 0 Å². The van der Waals surface area contributed by atoms with Crippen molar-refractivity contribution in [2.24, 2.45) is 5.92 Å². The summed E-state index contributed by atoms with van der Waals surface area (Å²) in [5.41, 5.74) is 2.09. The van der Waals surface area contributed by atoms with E-state index >= 15 is 0 Å². The van der Waals surface area contributed by atoms with Crippen molar-refractivity contribution in [3.05, 3.63) is 35.4 Å². The molecule has 3 heteroatoms. The highest BCUT2D eigenvalue weighted by Gasteiger charge is 2.23. The van der Waals surface area contributed by atoms with E-state index in [1.54, 1.807) is 0 Å². The van der Waals surface area contributed by atoms with Crippen molar-refractivity contribution in [2.75, 3.05) is 13.1 Å². The number of nitrogens with one attached hydrogen (secondary N) is 1. The van der Waals surface area contributed by atoms with Gasteiger partial charge < -0.3 is 5.32 Å². The monoisotopic (exact) mass is 272 g/mol. The molecule has 2 aliphatic rings. The zero-order chi connectivity index (χ0) is 13.9. The minimum atomic E-state index is 0.0747. The third kappa shape index (κ3) is 3.60. The SMILES string of the molecule is C[C@@H]1CCCN(Cc2ccc(C(=O)NC3CC3)cc2)C1. The van der Waals surface area contributed by atoms with Crippen LogP contribution in [0.3, 0.4) is 0 Å². The molecular formula is C17H24N2O. The molecule has 1 atom stereocenters. The van der Waals surface area contributed by atoms with Crippen molar-refractivity contribution in [3.63, 3.8) is 0 Å². The Morgan fingerprint density at radius 3 is 2.65 bits per heavy atom. The molecule has 0 spiro atoms. The Kier molecular flexibility index (Phi) is 4.06. The van der Waals surface area contributed by atoms with E-state index in [0.29, 0.717) is 6.04 Å². The number of benzene rings is 1. The first-order valence-electron chi connectivity index (χ1n) is 7.83. The average Bonchev–Trinajstić information content (AvgIpc) is 3.23. The highest BCUT2D eigenvalue weighted by Crippen LogP contribution is 2.20. The molecule has 108 valence electrons. The molecule has 0 aromatic heterocycles. The number of carbonyl (C=O) groups excluding carboxylic acids is 1. The number of nitrogens with zero attached hydrogens (tertiary/aromatic N) is 1. The van der Waals surface area contributed by atoms with Crippen molar-refractivity contribution in [3.8, 4) is 0 Å². The van der Waals surface area contributed by atoms with Crippen molar-refractivity contribution < 1.29 is 4.79 Å². The van der Waals surface area contributed by atoms with E-state index in [4.69, 9.17) is 0 Å². The Morgan fingerprint density at radius 1 is 1.25 bits per heavy atom. The molecule has 0 bridgehead atoms. The van der Waals surface area contributed by atoms with Crippen molar-refractivity contribution in [1.29, 1.82) is 0 Å². The molecule has 1 aliphatic carbocycles. The van der Waals surface area contributed by atoms with E-state index in [1.165, 1.54) is 31.5 Å². The maximum atomic E-state index is 11.9. The Balaban J connectivity index is 1.56. The minimum absolute atomic E-state index is 0.0747. The average molecular weight is 272 g/mol. The third-order valence-electron chi connectivity index (χ3n) is 4.28. The van der Waals surface area contributed by atoms with Gasteiger partial charge >= 0.3 is 0 Å². The Hall–Kier alpha value is -1.35. The van der Waals surface area contributed by atoms with Crippen molar-refractivity contribution >= 4 is 5.91 Å². The number of amides is 1. The van der Waals surface area contributed by atoms with Crippen LogP contribution in [0.1, 0.15) is 48.5 Å². The molecule has 3 rings (SSSR count). The highest BCUT2D eigenvalue weighted by molar-refractivity contribution is 5.94. The normalized spacial score (nSPS) is 23.6. The van der Waals surface area contributed by atoms with Crippen molar-refractivity contribution in [1.82, 2.24) is 10.2 Å². The van der Waals surface area contributed by atoms with Crippen LogP contribution in [0.15, 0.2) is 24.3 Å². The molecule has 1 heterocycles. The fourth-order valence-corrected chi connectivity index (χ4v) is 2.95. The third-order valence-corrected chi connectivity index (χ3v) is 4.28. The molecule has 2 fully saturated rings. The molecule has 1 aliphatic heterocycles. The van der Waals surface area contributed by atoms with E-state index in [-0.39, 0.29) is 5.91 Å². The topological polar surface area (TPSA) is 32.3 Å². The first kappa shape index (κ1) is 13.6. The molecule has 1 amide bonds. The van der Waals surface area contributed by atoms with Crippen molar-refractivity contribution in [2.45, 2.75) is 45.2 Å². The molecule has 1 saturated heterocycles. The summed E-state index contributed by atoms with van der Waals surface area (Å²) in [4.78, 5) is 14.4. The van der Waals surface area contributed by atoms with Gasteiger partial charge in [-0.15, -0.1) is 0 Å². The smallest absolute Gasteiger partial charge is 0.251 e. The lowest BCUT2D eigenvalue weighted by atomic mass is 9.99. The number of rotatable bonds is 4. The van der Waals surface area contributed by atoms with Crippen LogP contribution in [0.5, 0.6) is 0 Å². The van der Waals surface area contributed by atoms with Gasteiger partial charge in [-0.2, -0.15) is 0 Å². The van der Waals surface area contributed by atoms with Crippen LogP contribution in [0.2, 0.25) is 0 Å². The number of hydrogen-bond acceptors (Lipinski definition) is 2. The summed E-state index contributed by atoms with van der Waals surface area (Å²) in [5.74, 6) is 0.887. The fraction of sp³-hybridized carbons (Fsp3) is 0.588. The number of carbonyl (C=O) groups is 1. The van der Waals surface area contributed by atoms with Crippen LogP contribution < -0.4 is 5.32 Å². The van der Waals surface area contributed by atoms with E-state index in [2.05, 4.69) is 29.3 Å². The summed E-state index contributed by atoms with van der Waals surface area (Å²) in [6.45, 7) is 5.74. The number of hydrogen-bond donors (Lipinski definition) is 1. The molecule has 1 aromatic carbocycles. The summed E-state index contributed by atoms with van der Waals surface area (Å²) in [7, 11) is 0. The second kappa shape index (κ2) is 5.96. The van der Waals surface area contributed by atoms with E-state index in [0.717, 1.165) is 30.9 Å². The summed E-state index contributed by atoms with van der Waals surface area (Å²) >= 11 is 0. The van der Waals surface area contributed by atoms with Crippen LogP contribution in [0.25, 0.3) is 0 Å². The summed E-state index contributed by atoms with van der Waals surface area (Å²) in [6.07, 6.45) is 4.94. The van der Waals surface area contributed by atoms with Gasteiger partial charge in [0.1, 0.15) is 0 Å². The zero-order valence-corrected chi connectivity index (χ0v) is 12.3. The number of likely N-dealkylation sites (tertiary alicyclic amines) is 1. The van der Waals surface area contributed by atoms with E-state index < -0.39 is 0 Å². The molecule has 1 N–H and O–H groups in total. The number of piperidine rings is 1. The summed E-state index contributed by atoms with van der Waals surface area (Å²) in [5, 5.41) is 3.03. The van der Waals surface area contributed by atoms with Gasteiger partial charge in [0.05, 0.1) is 0 Å². The molecule has 3 nitrogen and oxygen atoms in total. The van der Waals surface area contributed by atoms with Gasteiger partial charge in [-0.25, -0.2) is 0 Å². The van der Waals surface area contributed by atoms with E-state index in [1.807, 2.05) is 12.1 Å². The predicted octanol–water partition coefficient (Wildman–Crippen LogP) is 2.81. The largest absolute Gasteiger partial charge is 0.349 e. The maximum absolute atomic E-state index is 11.9. The molecular weight excluding hydrogens is 248 g/mol. The van der Waals surface area contributed by atoms with Gasteiger partial charge in [-0.05, 0) is 55.8 Å². The lowest BCUT2D eigenvalue weighted by molar-refractivity contribution is 0.0951. The van der Waals surface area contributed by atoms with Crippen LogP contribution in [-0.4, -0.2) is 29.9 Å².